The van der Waals surface area contributed by atoms with Crippen molar-refractivity contribution in [1.29, 1.82) is 0 Å². The second-order valence-corrected chi connectivity index (χ2v) is 16.5. The number of nitrogens with one attached hydrogen (secondary N) is 4. The molecule has 14 nitrogen and oxygen atoms in total. The van der Waals surface area contributed by atoms with Gasteiger partial charge in [-0.05, 0) is 89.1 Å². The summed E-state index contributed by atoms with van der Waals surface area (Å²) in [6, 6.07) is 22.1. The predicted molar refractivity (Wildman–Crippen MR) is 226 cm³/mol. The Morgan fingerprint density at radius 1 is 0.746 bits per heavy atom. The van der Waals surface area contributed by atoms with Gasteiger partial charge in [-0.25, -0.2) is 19.6 Å². The Balaban J connectivity index is 0.990. The van der Waals surface area contributed by atoms with E-state index in [1.807, 2.05) is 38.7 Å². The molecule has 0 spiro atoms. The van der Waals surface area contributed by atoms with Crippen LogP contribution < -0.4 is 10.6 Å². The Morgan fingerprint density at radius 3 is 2.03 bits per heavy atom. The van der Waals surface area contributed by atoms with E-state index in [2.05, 4.69) is 86.2 Å². The fourth-order valence-corrected chi connectivity index (χ4v) is 8.79. The lowest BCUT2D eigenvalue weighted by Gasteiger charge is -2.29. The molecule has 306 valence electrons. The van der Waals surface area contributed by atoms with Crippen molar-refractivity contribution < 1.29 is 29.4 Å². The monoisotopic (exact) mass is 798 g/mol. The molecule has 0 bridgehead atoms. The molecule has 6 N–H and O–H groups in total. The van der Waals surface area contributed by atoms with Crippen LogP contribution in [0.15, 0.2) is 72.9 Å². The number of hydrogen-bond donors (Lipinski definition) is 6. The lowest BCUT2D eigenvalue weighted by Crippen LogP contribution is -2.50. The van der Waals surface area contributed by atoms with Gasteiger partial charge in [-0.15, -0.1) is 0 Å². The van der Waals surface area contributed by atoms with Gasteiger partial charge >= 0.3 is 12.2 Å². The Bertz CT molecular complexity index is 2580. The van der Waals surface area contributed by atoms with Crippen LogP contribution in [0.4, 0.5) is 9.59 Å². The number of carboxylic acid groups (broad SMARTS) is 2. The summed E-state index contributed by atoms with van der Waals surface area (Å²) in [5.41, 5.74) is 5.77. The third-order valence-electron chi connectivity index (χ3n) is 12.3. The van der Waals surface area contributed by atoms with E-state index >= 15 is 0 Å². The molecule has 5 atom stereocenters. The van der Waals surface area contributed by atoms with Crippen LogP contribution in [0.5, 0.6) is 0 Å². The maximum Gasteiger partial charge on any atom is 0.405 e. The molecule has 2 fully saturated rings. The summed E-state index contributed by atoms with van der Waals surface area (Å²) in [6.07, 6.45) is 2.74. The zero-order chi connectivity index (χ0) is 41.5. The highest BCUT2D eigenvalue weighted by Crippen LogP contribution is 2.37. The Morgan fingerprint density at radius 2 is 1.36 bits per heavy atom. The molecular formula is C45H50N8O6. The van der Waals surface area contributed by atoms with E-state index in [4.69, 9.17) is 10.1 Å². The fourth-order valence-electron chi connectivity index (χ4n) is 8.79. The summed E-state index contributed by atoms with van der Waals surface area (Å²) < 4.78 is 0. The first-order chi connectivity index (χ1) is 28.4. The van der Waals surface area contributed by atoms with Crippen molar-refractivity contribution in [2.75, 3.05) is 19.6 Å². The number of nitrogens with zero attached hydrogens (tertiary/aromatic N) is 4. The quantitative estimate of drug-likeness (QED) is 0.0756. The Labute approximate surface area is 341 Å². The smallest absolute Gasteiger partial charge is 0.405 e. The molecule has 59 heavy (non-hydrogen) atoms. The molecule has 4 aromatic carbocycles. The van der Waals surface area contributed by atoms with E-state index in [-0.39, 0.29) is 48.2 Å². The molecule has 8 rings (SSSR count). The molecule has 4 amide bonds. The number of carbonyl (C=O) groups excluding carboxylic acids is 2. The number of imidazole rings is 2. The van der Waals surface area contributed by atoms with E-state index in [0.717, 1.165) is 86.5 Å². The highest BCUT2D eigenvalue weighted by molar-refractivity contribution is 6.05. The summed E-state index contributed by atoms with van der Waals surface area (Å²) in [7, 11) is 0. The van der Waals surface area contributed by atoms with Gasteiger partial charge in [0.1, 0.15) is 17.7 Å². The topological polar surface area (TPSA) is 197 Å². The zero-order valence-electron chi connectivity index (χ0n) is 33.7. The second kappa shape index (κ2) is 16.1. The minimum absolute atomic E-state index is 0.0135. The number of hydrogen-bond acceptors (Lipinski definition) is 6. The van der Waals surface area contributed by atoms with Gasteiger partial charge in [0, 0.05) is 36.5 Å². The highest BCUT2D eigenvalue weighted by atomic mass is 16.4. The summed E-state index contributed by atoms with van der Waals surface area (Å²) >= 11 is 0. The van der Waals surface area contributed by atoms with Gasteiger partial charge in [0.05, 0.1) is 35.0 Å². The van der Waals surface area contributed by atoms with Gasteiger partial charge < -0.3 is 40.6 Å². The molecule has 2 saturated heterocycles. The van der Waals surface area contributed by atoms with Crippen LogP contribution in [0.1, 0.15) is 77.1 Å². The van der Waals surface area contributed by atoms with Gasteiger partial charge in [-0.1, -0.05) is 70.2 Å². The minimum atomic E-state index is -1.21. The van der Waals surface area contributed by atoms with Crippen molar-refractivity contribution in [1.82, 2.24) is 40.4 Å². The molecule has 4 heterocycles. The number of aromatic nitrogens is 4. The summed E-state index contributed by atoms with van der Waals surface area (Å²) in [5.74, 6) is 0.578. The molecule has 2 aliphatic heterocycles. The standard InChI is InChI=1S/C45H50N8O6/c1-24(2)38(51-45(58)59)43(55)53-18-5-7-36(53)40-46-23-35(49-40)32-12-11-28-19-27(9-10-29(28)21-32)30-13-15-33-31(20-30)14-16-34-39(33)50-41(48-34)37-8-6-17-52(37)42(54)26(4)25(3)22-47-44(56)57/h9-16,19-21,23-26,36-38,47,51H,5-8,17-18,22H2,1-4H3,(H,46,49)(H,48,50)(H,56,57)(H,58,59)/t25?,26?,36-,37-,38-/m0/s1. The van der Waals surface area contributed by atoms with E-state index < -0.39 is 18.2 Å². The second-order valence-electron chi connectivity index (χ2n) is 16.5. The summed E-state index contributed by atoms with van der Waals surface area (Å²) in [4.78, 5) is 69.8. The highest BCUT2D eigenvalue weighted by Gasteiger charge is 2.38. The number of benzene rings is 4. The van der Waals surface area contributed by atoms with Crippen LogP contribution >= 0.6 is 0 Å². The van der Waals surface area contributed by atoms with Gasteiger partial charge in [0.25, 0.3) is 0 Å². The van der Waals surface area contributed by atoms with Crippen LogP contribution in [-0.4, -0.2) is 89.6 Å². The Hall–Kier alpha value is -6.44. The molecule has 2 aromatic heterocycles. The molecular weight excluding hydrogens is 749 g/mol. The van der Waals surface area contributed by atoms with E-state index in [0.29, 0.717) is 18.9 Å². The summed E-state index contributed by atoms with van der Waals surface area (Å²) in [6.45, 7) is 8.84. The lowest BCUT2D eigenvalue weighted by molar-refractivity contribution is -0.137. The van der Waals surface area contributed by atoms with Crippen molar-refractivity contribution >= 4 is 56.6 Å². The SMILES string of the molecule is CC(CNC(=O)O)C(C)C(=O)N1CCC[C@H]1c1nc2c(ccc3cc(-c4ccc5cc(-c6cnc([C@@H]7CCCN7C(=O)[C@@H](NC(=O)O)C(C)C)[nH]6)ccc5c4)ccc32)[nH]1. The molecule has 0 saturated carbocycles. The normalized spacial score (nSPS) is 18.5. The van der Waals surface area contributed by atoms with Gasteiger partial charge in [0.2, 0.25) is 11.8 Å². The van der Waals surface area contributed by atoms with Crippen molar-refractivity contribution in [3.63, 3.8) is 0 Å². The van der Waals surface area contributed by atoms with Crippen molar-refractivity contribution in [3.8, 4) is 22.4 Å². The molecule has 0 radical (unpaired) electrons. The van der Waals surface area contributed by atoms with Crippen LogP contribution in [0, 0.1) is 17.8 Å². The molecule has 6 aromatic rings. The largest absolute Gasteiger partial charge is 0.465 e. The molecule has 14 heteroatoms. The first-order valence-corrected chi connectivity index (χ1v) is 20.4. The van der Waals surface area contributed by atoms with Crippen LogP contribution in [-0.2, 0) is 9.59 Å². The van der Waals surface area contributed by atoms with Gasteiger partial charge in [-0.3, -0.25) is 9.59 Å². The van der Waals surface area contributed by atoms with E-state index in [1.54, 1.807) is 11.1 Å². The third-order valence-corrected chi connectivity index (χ3v) is 12.3. The van der Waals surface area contributed by atoms with Crippen LogP contribution in [0.3, 0.4) is 0 Å². The molecule has 0 aliphatic carbocycles. The minimum Gasteiger partial charge on any atom is -0.465 e. The maximum atomic E-state index is 13.6. The van der Waals surface area contributed by atoms with Gasteiger partial charge in [0.15, 0.2) is 0 Å². The number of likely N-dealkylation sites (tertiary alicyclic amines) is 2. The average molecular weight is 799 g/mol. The van der Waals surface area contributed by atoms with Crippen molar-refractivity contribution in [2.45, 2.75) is 71.5 Å². The third kappa shape index (κ3) is 7.78. The lowest BCUT2D eigenvalue weighted by atomic mass is 9.94. The summed E-state index contributed by atoms with van der Waals surface area (Å²) in [5, 5.41) is 27.4. The first kappa shape index (κ1) is 39.4. The molecule has 2 aliphatic rings. The Kier molecular flexibility index (Phi) is 10.7. The number of aromatic amines is 2. The van der Waals surface area contributed by atoms with Crippen molar-refractivity contribution in [2.24, 2.45) is 17.8 Å². The first-order valence-electron chi connectivity index (χ1n) is 20.4. The number of fused-ring (bicyclic) bond motifs is 4. The van der Waals surface area contributed by atoms with E-state index in [1.165, 1.54) is 0 Å². The predicted octanol–water partition coefficient (Wildman–Crippen LogP) is 8.09. The van der Waals surface area contributed by atoms with Gasteiger partial charge in [-0.2, -0.15) is 0 Å². The number of amides is 4. The average Bonchev–Trinajstić information content (AvgIpc) is 4.06. The van der Waals surface area contributed by atoms with E-state index in [9.17, 15) is 24.3 Å². The number of H-pyrrole nitrogens is 2. The molecule has 2 unspecified atom stereocenters. The number of rotatable bonds is 11. The van der Waals surface area contributed by atoms with Crippen LogP contribution in [0.2, 0.25) is 0 Å². The van der Waals surface area contributed by atoms with Crippen LogP contribution in [0.25, 0.3) is 55.0 Å². The van der Waals surface area contributed by atoms with Crippen molar-refractivity contribution in [3.05, 3.63) is 84.6 Å². The maximum absolute atomic E-state index is 13.6. The zero-order valence-corrected chi connectivity index (χ0v) is 33.7. The number of carbonyl (C=O) groups is 4. The fraction of sp³-hybridized carbons (Fsp3) is 0.378.